The first kappa shape index (κ1) is 24.4. The van der Waals surface area contributed by atoms with Crippen LogP contribution in [0.5, 0.6) is 5.75 Å². The Morgan fingerprint density at radius 1 is 1.08 bits per heavy atom. The highest BCUT2D eigenvalue weighted by Gasteiger charge is 2.45. The summed E-state index contributed by atoms with van der Waals surface area (Å²) in [6.45, 7) is 7.94. The highest BCUT2D eigenvalue weighted by molar-refractivity contribution is 6.35. The molecule has 37 heavy (non-hydrogen) atoms. The molecule has 0 radical (unpaired) electrons. The van der Waals surface area contributed by atoms with Gasteiger partial charge in [-0.15, -0.1) is 0 Å². The number of ether oxygens (including phenoxy) is 1. The van der Waals surface area contributed by atoms with Gasteiger partial charge in [0, 0.05) is 48.2 Å². The molecule has 2 aliphatic rings. The third kappa shape index (κ3) is 4.41. The minimum Gasteiger partial charge on any atom is -0.486 e. The van der Waals surface area contributed by atoms with Crippen LogP contribution in [0.4, 0.5) is 10.2 Å². The molecule has 2 aliphatic heterocycles. The van der Waals surface area contributed by atoms with Gasteiger partial charge in [0.05, 0.1) is 21.1 Å². The molecule has 192 valence electrons. The number of hydrogen-bond acceptors (Lipinski definition) is 6. The molecule has 4 aromatic rings. The second-order valence-corrected chi connectivity index (χ2v) is 10.9. The van der Waals surface area contributed by atoms with Crippen molar-refractivity contribution in [2.75, 3.05) is 31.1 Å². The van der Waals surface area contributed by atoms with Crippen LogP contribution in [0.25, 0.3) is 22.2 Å². The van der Waals surface area contributed by atoms with Gasteiger partial charge < -0.3 is 9.64 Å². The summed E-state index contributed by atoms with van der Waals surface area (Å²) in [7, 11) is 0. The molecule has 1 N–H and O–H groups in total. The number of nitrogens with one attached hydrogen (secondary N) is 1. The number of nitrogens with zero attached hydrogens (tertiary/aromatic N) is 5. The number of aromatic amines is 1. The number of halogens is 3. The van der Waals surface area contributed by atoms with E-state index in [4.69, 9.17) is 27.9 Å². The summed E-state index contributed by atoms with van der Waals surface area (Å²) in [5.41, 5.74) is 2.78. The van der Waals surface area contributed by atoms with Crippen molar-refractivity contribution in [2.45, 2.75) is 38.3 Å². The van der Waals surface area contributed by atoms with Crippen LogP contribution in [-0.4, -0.2) is 56.8 Å². The molecule has 0 bridgehead atoms. The second kappa shape index (κ2) is 9.42. The van der Waals surface area contributed by atoms with Crippen molar-refractivity contribution in [1.29, 1.82) is 0 Å². The highest BCUT2D eigenvalue weighted by atomic mass is 35.5. The monoisotopic (exact) mass is 540 g/mol. The van der Waals surface area contributed by atoms with E-state index in [1.54, 1.807) is 6.20 Å². The summed E-state index contributed by atoms with van der Waals surface area (Å²) in [5.74, 6) is 0.655. The Morgan fingerprint density at radius 3 is 2.51 bits per heavy atom. The number of hydrogen-bond donors (Lipinski definition) is 1. The maximum atomic E-state index is 15.2. The Balaban J connectivity index is 1.23. The first-order valence-corrected chi connectivity index (χ1v) is 13.2. The summed E-state index contributed by atoms with van der Waals surface area (Å²) in [6.07, 6.45) is 6.84. The molecule has 0 aliphatic carbocycles. The number of rotatable bonds is 6. The normalized spacial score (nSPS) is 18.2. The van der Waals surface area contributed by atoms with Crippen LogP contribution >= 0.6 is 23.2 Å². The number of benzene rings is 1. The van der Waals surface area contributed by atoms with Crippen molar-refractivity contribution in [3.63, 3.8) is 0 Å². The smallest absolute Gasteiger partial charge is 0.166 e. The van der Waals surface area contributed by atoms with Crippen LogP contribution in [0, 0.1) is 5.82 Å². The Kier molecular flexibility index (Phi) is 6.21. The minimum absolute atomic E-state index is 0.0972. The molecule has 7 nitrogen and oxygen atoms in total. The fraction of sp³-hybridized carbons (Fsp3) is 0.370. The SMILES string of the molecule is C[C@@H](Oc1ccc2[nH]nc(-c3cnc(N4CC(C)(N5CCCC5)C4)c(F)c3)c2c1)c1c(Cl)cncc1Cl. The van der Waals surface area contributed by atoms with E-state index in [-0.39, 0.29) is 11.4 Å². The van der Waals surface area contributed by atoms with Gasteiger partial charge in [0.15, 0.2) is 11.6 Å². The van der Waals surface area contributed by atoms with Crippen LogP contribution in [0.1, 0.15) is 38.4 Å². The lowest BCUT2D eigenvalue weighted by molar-refractivity contribution is 0.100. The molecule has 2 saturated heterocycles. The number of anilines is 1. The van der Waals surface area contributed by atoms with Crippen molar-refractivity contribution < 1.29 is 9.13 Å². The first-order valence-electron chi connectivity index (χ1n) is 12.4. The van der Waals surface area contributed by atoms with E-state index in [9.17, 15) is 0 Å². The van der Waals surface area contributed by atoms with Gasteiger partial charge in [0.1, 0.15) is 17.5 Å². The maximum absolute atomic E-state index is 15.2. The van der Waals surface area contributed by atoms with Crippen LogP contribution in [0.2, 0.25) is 10.0 Å². The van der Waals surface area contributed by atoms with Crippen LogP contribution in [0.3, 0.4) is 0 Å². The zero-order valence-corrected chi connectivity index (χ0v) is 22.2. The third-order valence-corrected chi connectivity index (χ3v) is 8.07. The van der Waals surface area contributed by atoms with Crippen molar-refractivity contribution in [3.8, 4) is 17.0 Å². The number of fused-ring (bicyclic) bond motifs is 1. The van der Waals surface area contributed by atoms with Gasteiger partial charge in [-0.25, -0.2) is 9.37 Å². The van der Waals surface area contributed by atoms with Crippen LogP contribution in [-0.2, 0) is 0 Å². The van der Waals surface area contributed by atoms with Gasteiger partial charge in [0.25, 0.3) is 0 Å². The lowest BCUT2D eigenvalue weighted by Crippen LogP contribution is -2.68. The number of pyridine rings is 2. The van der Waals surface area contributed by atoms with E-state index in [2.05, 4.69) is 32.0 Å². The van der Waals surface area contributed by atoms with Gasteiger partial charge in [-0.1, -0.05) is 23.2 Å². The van der Waals surface area contributed by atoms with Gasteiger partial charge in [-0.05, 0) is 64.0 Å². The predicted octanol–water partition coefficient (Wildman–Crippen LogP) is 6.28. The Labute approximate surface area is 224 Å². The van der Waals surface area contributed by atoms with E-state index in [0.29, 0.717) is 38.4 Å². The predicted molar refractivity (Wildman–Crippen MR) is 144 cm³/mol. The minimum atomic E-state index is -0.406. The van der Waals surface area contributed by atoms with E-state index < -0.39 is 6.10 Å². The highest BCUT2D eigenvalue weighted by Crippen LogP contribution is 2.37. The fourth-order valence-electron chi connectivity index (χ4n) is 5.53. The van der Waals surface area contributed by atoms with Crippen LogP contribution < -0.4 is 9.64 Å². The molecule has 0 spiro atoms. The molecule has 10 heteroatoms. The van der Waals surface area contributed by atoms with Crippen molar-refractivity contribution in [3.05, 3.63) is 64.3 Å². The lowest BCUT2D eigenvalue weighted by atomic mass is 9.90. The molecular weight excluding hydrogens is 514 g/mol. The van der Waals surface area contributed by atoms with E-state index >= 15 is 4.39 Å². The molecule has 3 aromatic heterocycles. The van der Waals surface area contributed by atoms with Crippen LogP contribution in [0.15, 0.2) is 42.9 Å². The van der Waals surface area contributed by atoms with E-state index in [0.717, 1.165) is 37.1 Å². The van der Waals surface area contributed by atoms with Crippen molar-refractivity contribution in [1.82, 2.24) is 25.1 Å². The van der Waals surface area contributed by atoms with Gasteiger partial charge in [-0.2, -0.15) is 5.10 Å². The number of likely N-dealkylation sites (tertiary alicyclic amines) is 1. The number of H-pyrrole nitrogens is 1. The molecule has 0 amide bonds. The maximum Gasteiger partial charge on any atom is 0.166 e. The number of aromatic nitrogens is 4. The summed E-state index contributed by atoms with van der Waals surface area (Å²) < 4.78 is 21.4. The average Bonchev–Trinajstić information content (AvgIpc) is 3.53. The topological polar surface area (TPSA) is 70.2 Å². The van der Waals surface area contributed by atoms with Gasteiger partial charge in [0.2, 0.25) is 0 Å². The largest absolute Gasteiger partial charge is 0.486 e. The molecule has 2 fully saturated rings. The first-order chi connectivity index (χ1) is 17.8. The zero-order chi connectivity index (χ0) is 25.7. The quantitative estimate of drug-likeness (QED) is 0.310. The van der Waals surface area contributed by atoms with E-state index in [1.165, 1.54) is 31.3 Å². The Bertz CT molecular complexity index is 1440. The summed E-state index contributed by atoms with van der Waals surface area (Å²) in [6, 6.07) is 7.10. The van der Waals surface area contributed by atoms with Gasteiger partial charge >= 0.3 is 0 Å². The van der Waals surface area contributed by atoms with Crippen molar-refractivity contribution in [2.24, 2.45) is 0 Å². The lowest BCUT2D eigenvalue weighted by Gasteiger charge is -2.53. The zero-order valence-electron chi connectivity index (χ0n) is 20.6. The molecule has 0 unspecified atom stereocenters. The fourth-order valence-corrected chi connectivity index (χ4v) is 6.21. The second-order valence-electron chi connectivity index (χ2n) is 10.1. The van der Waals surface area contributed by atoms with Gasteiger partial charge in [-0.3, -0.25) is 15.0 Å². The molecule has 5 heterocycles. The summed E-state index contributed by atoms with van der Waals surface area (Å²) in [5, 5.41) is 9.14. The Morgan fingerprint density at radius 2 is 1.81 bits per heavy atom. The summed E-state index contributed by atoms with van der Waals surface area (Å²) in [4.78, 5) is 13.0. The summed E-state index contributed by atoms with van der Waals surface area (Å²) >= 11 is 12.6. The molecular formula is C27H27Cl2FN6O. The molecule has 1 atom stereocenters. The average molecular weight is 541 g/mol. The van der Waals surface area contributed by atoms with E-state index in [1.807, 2.05) is 30.0 Å². The molecule has 0 saturated carbocycles. The standard InChI is InChI=1S/C27H27Cl2FN6O/c1-16(24-20(28)12-31-13-21(24)29)37-18-5-6-23-19(10-18)25(34-33-23)17-9-22(30)26(32-11-17)35-14-27(2,15-35)36-7-3-4-8-36/h5-6,9-13,16H,3-4,7-8,14-15H2,1-2H3,(H,33,34)/t16-/m1/s1. The van der Waals surface area contributed by atoms with Crippen molar-refractivity contribution >= 4 is 39.9 Å². The Hall–Kier alpha value is -2.94. The third-order valence-electron chi connectivity index (χ3n) is 7.47. The molecule has 6 rings (SSSR count). The molecule has 1 aromatic carbocycles.